The number of nitrogens with two attached hydrogens (primary N) is 2. The Bertz CT molecular complexity index is 1230. The quantitative estimate of drug-likeness (QED) is 0.155. The van der Waals surface area contributed by atoms with Gasteiger partial charge >= 0.3 is 0 Å². The molecule has 0 saturated carbocycles. The molecule has 0 aliphatic rings. The Labute approximate surface area is 181 Å². The van der Waals surface area contributed by atoms with E-state index in [4.69, 9.17) is 16.7 Å². The zero-order valence-corrected chi connectivity index (χ0v) is 17.2. The highest BCUT2D eigenvalue weighted by molar-refractivity contribution is 6.01. The highest BCUT2D eigenvalue weighted by Crippen LogP contribution is 2.32. The summed E-state index contributed by atoms with van der Waals surface area (Å²) in [7, 11) is 1.81. The van der Waals surface area contributed by atoms with Crippen molar-refractivity contribution in [2.45, 2.75) is 0 Å². The van der Waals surface area contributed by atoms with Crippen LogP contribution in [0.3, 0.4) is 0 Å². The lowest BCUT2D eigenvalue weighted by Gasteiger charge is -2.20. The fourth-order valence-corrected chi connectivity index (χ4v) is 3.45. The summed E-state index contributed by atoms with van der Waals surface area (Å²) in [4.78, 5) is 6.52. The van der Waals surface area contributed by atoms with Crippen molar-refractivity contribution in [3.8, 4) is 11.1 Å². The second kappa shape index (κ2) is 9.11. The van der Waals surface area contributed by atoms with Crippen LogP contribution in [0.2, 0.25) is 0 Å². The van der Waals surface area contributed by atoms with E-state index in [1.807, 2.05) is 55.6 Å². The summed E-state index contributed by atoms with van der Waals surface area (Å²) in [5.41, 5.74) is 7.79. The molecule has 0 spiro atoms. The maximum atomic E-state index is 5.55. The minimum atomic E-state index is 0.313. The number of aromatic nitrogens is 1. The van der Waals surface area contributed by atoms with E-state index in [2.05, 4.69) is 59.1 Å². The van der Waals surface area contributed by atoms with Crippen molar-refractivity contribution < 1.29 is 0 Å². The number of anilines is 1. The molecule has 6 nitrogen and oxygen atoms in total. The molecule has 0 unspecified atom stereocenters. The molecule has 0 radical (unpaired) electrons. The number of hydrogen-bond acceptors (Lipinski definition) is 4. The van der Waals surface area contributed by atoms with Gasteiger partial charge in [0, 0.05) is 12.4 Å². The minimum Gasteiger partial charge on any atom is -0.320 e. The number of hydrogen-bond donors (Lipinski definition) is 3. The first-order valence-electron chi connectivity index (χ1n) is 9.91. The van der Waals surface area contributed by atoms with Crippen LogP contribution in [-0.2, 0) is 0 Å². The van der Waals surface area contributed by atoms with Crippen LogP contribution in [0.1, 0.15) is 11.1 Å². The standard InChI is InChI=1S/C25H24N6/c1-31(25(29-26)30-27)24-17-21(20-10-6-3-7-11-20)22-16-19(14-15-23(22)28-24)13-12-18-8-4-2-5-9-18/h2-17H,26-27H2,1H3,(H,29,30)/b13-12+. The number of pyridine rings is 1. The smallest absolute Gasteiger partial charge is 0.235 e. The van der Waals surface area contributed by atoms with Crippen LogP contribution in [-0.4, -0.2) is 18.0 Å². The van der Waals surface area contributed by atoms with Gasteiger partial charge in [-0.15, -0.1) is 5.10 Å². The van der Waals surface area contributed by atoms with Crippen LogP contribution in [0.15, 0.2) is 90.0 Å². The molecule has 31 heavy (non-hydrogen) atoms. The van der Waals surface area contributed by atoms with E-state index < -0.39 is 0 Å². The first kappa shape index (κ1) is 20.1. The number of fused-ring (bicyclic) bond motifs is 1. The van der Waals surface area contributed by atoms with E-state index in [0.29, 0.717) is 11.8 Å². The van der Waals surface area contributed by atoms with Crippen LogP contribution < -0.4 is 22.0 Å². The SMILES string of the molecule is CN(/C(=N/N)NN)c1cc(-c2ccccc2)c2cc(/C=C/c3ccccc3)ccc2n1. The molecule has 0 bridgehead atoms. The molecule has 0 aliphatic carbocycles. The number of benzene rings is 3. The van der Waals surface area contributed by atoms with Crippen LogP contribution in [0.5, 0.6) is 0 Å². The molecule has 4 rings (SSSR count). The van der Waals surface area contributed by atoms with Crippen LogP contribution in [0.25, 0.3) is 34.2 Å². The molecular weight excluding hydrogens is 384 g/mol. The number of nitrogens with zero attached hydrogens (tertiary/aromatic N) is 3. The van der Waals surface area contributed by atoms with Crippen LogP contribution in [0.4, 0.5) is 5.82 Å². The van der Waals surface area contributed by atoms with Gasteiger partial charge in [0.25, 0.3) is 0 Å². The number of hydrazone groups is 1. The number of nitrogens with one attached hydrogen (secondary N) is 1. The summed E-state index contributed by atoms with van der Waals surface area (Å²) in [5.74, 6) is 12.0. The number of rotatable bonds is 4. The fourth-order valence-electron chi connectivity index (χ4n) is 3.45. The van der Waals surface area contributed by atoms with Crippen molar-refractivity contribution in [1.82, 2.24) is 10.4 Å². The Morgan fingerprint density at radius 1 is 0.903 bits per heavy atom. The van der Waals surface area contributed by atoms with E-state index in [0.717, 1.165) is 33.2 Å². The van der Waals surface area contributed by atoms with E-state index >= 15 is 0 Å². The molecule has 0 fully saturated rings. The summed E-state index contributed by atoms with van der Waals surface area (Å²) >= 11 is 0. The predicted molar refractivity (Wildman–Crippen MR) is 130 cm³/mol. The van der Waals surface area contributed by atoms with Gasteiger partial charge < -0.3 is 5.84 Å². The Morgan fingerprint density at radius 3 is 2.26 bits per heavy atom. The van der Waals surface area contributed by atoms with Crippen molar-refractivity contribution in [3.63, 3.8) is 0 Å². The molecule has 0 aliphatic heterocycles. The maximum absolute atomic E-state index is 5.55. The van der Waals surface area contributed by atoms with Crippen molar-refractivity contribution in [2.24, 2.45) is 16.8 Å². The second-order valence-corrected chi connectivity index (χ2v) is 7.07. The monoisotopic (exact) mass is 408 g/mol. The largest absolute Gasteiger partial charge is 0.320 e. The van der Waals surface area contributed by atoms with Crippen molar-refractivity contribution in [3.05, 3.63) is 96.1 Å². The van der Waals surface area contributed by atoms with Gasteiger partial charge in [-0.1, -0.05) is 78.9 Å². The van der Waals surface area contributed by atoms with Gasteiger partial charge in [-0.05, 0) is 40.5 Å². The molecule has 0 atom stereocenters. The third-order valence-electron chi connectivity index (χ3n) is 5.08. The molecule has 1 aromatic heterocycles. The third-order valence-corrected chi connectivity index (χ3v) is 5.08. The molecule has 0 amide bonds. The number of hydrazine groups is 1. The minimum absolute atomic E-state index is 0.313. The molecule has 4 aromatic rings. The summed E-state index contributed by atoms with van der Waals surface area (Å²) in [6.07, 6.45) is 4.22. The lowest BCUT2D eigenvalue weighted by atomic mass is 9.99. The van der Waals surface area contributed by atoms with Crippen molar-refractivity contribution in [2.75, 3.05) is 11.9 Å². The average Bonchev–Trinajstić information content (AvgIpc) is 2.84. The van der Waals surface area contributed by atoms with E-state index in [9.17, 15) is 0 Å². The fraction of sp³-hybridized carbons (Fsp3) is 0.0400. The highest BCUT2D eigenvalue weighted by atomic mass is 15.4. The van der Waals surface area contributed by atoms with Crippen molar-refractivity contribution in [1.29, 1.82) is 0 Å². The first-order valence-corrected chi connectivity index (χ1v) is 9.91. The Morgan fingerprint density at radius 2 is 1.58 bits per heavy atom. The van der Waals surface area contributed by atoms with Crippen molar-refractivity contribution >= 4 is 34.8 Å². The van der Waals surface area contributed by atoms with Gasteiger partial charge in [0.15, 0.2) is 0 Å². The summed E-state index contributed by atoms with van der Waals surface area (Å²) in [6.45, 7) is 0. The normalized spacial score (nSPS) is 11.7. The summed E-state index contributed by atoms with van der Waals surface area (Å²) < 4.78 is 0. The molecule has 3 aromatic carbocycles. The molecule has 6 heteroatoms. The molecule has 0 saturated heterocycles. The predicted octanol–water partition coefficient (Wildman–Crippen LogP) is 4.20. The van der Waals surface area contributed by atoms with Crippen LogP contribution >= 0.6 is 0 Å². The number of guanidine groups is 1. The molecule has 1 heterocycles. The lowest BCUT2D eigenvalue weighted by molar-refractivity contribution is 0.951. The Kier molecular flexibility index (Phi) is 5.91. The topological polar surface area (TPSA) is 92.6 Å². The van der Waals surface area contributed by atoms with Gasteiger partial charge in [-0.25, -0.2) is 10.8 Å². The molecule has 5 N–H and O–H groups in total. The van der Waals surface area contributed by atoms with Gasteiger partial charge in [0.05, 0.1) is 5.52 Å². The van der Waals surface area contributed by atoms with E-state index in [1.165, 1.54) is 0 Å². The highest BCUT2D eigenvalue weighted by Gasteiger charge is 2.14. The van der Waals surface area contributed by atoms with E-state index in [1.54, 1.807) is 4.90 Å². The average molecular weight is 409 g/mol. The zero-order valence-electron chi connectivity index (χ0n) is 17.2. The summed E-state index contributed by atoms with van der Waals surface area (Å²) in [6, 6.07) is 28.7. The second-order valence-electron chi connectivity index (χ2n) is 7.07. The zero-order chi connectivity index (χ0) is 21.6. The van der Waals surface area contributed by atoms with Gasteiger partial charge in [0.2, 0.25) is 5.96 Å². The van der Waals surface area contributed by atoms with Gasteiger partial charge in [0.1, 0.15) is 5.82 Å². The first-order chi connectivity index (χ1) is 15.2. The van der Waals surface area contributed by atoms with Gasteiger partial charge in [-0.2, -0.15) is 0 Å². The summed E-state index contributed by atoms with van der Waals surface area (Å²) in [5, 5.41) is 4.75. The maximum Gasteiger partial charge on any atom is 0.235 e. The molecule has 154 valence electrons. The Hall–Kier alpha value is -4.16. The van der Waals surface area contributed by atoms with Gasteiger partial charge in [-0.3, -0.25) is 10.3 Å². The third kappa shape index (κ3) is 4.39. The molecular formula is C25H24N6. The van der Waals surface area contributed by atoms with E-state index in [-0.39, 0.29) is 0 Å². The van der Waals surface area contributed by atoms with Crippen LogP contribution in [0, 0.1) is 0 Å². The Balaban J connectivity index is 1.84. The lowest BCUT2D eigenvalue weighted by Crippen LogP contribution is -2.43.